The van der Waals surface area contributed by atoms with Crippen molar-refractivity contribution in [1.29, 1.82) is 0 Å². The van der Waals surface area contributed by atoms with Crippen LogP contribution in [-0.4, -0.2) is 56.3 Å². The Bertz CT molecular complexity index is 368. The molecule has 0 heterocycles. The summed E-state index contributed by atoms with van der Waals surface area (Å²) in [6.07, 6.45) is -1.95. The molecule has 5 heteroatoms. The summed E-state index contributed by atoms with van der Waals surface area (Å²) in [6.45, 7) is 0. The Balaban J connectivity index is 3.29. The number of hydrogen-bond acceptors (Lipinski definition) is 3. The van der Waals surface area contributed by atoms with E-state index in [0.29, 0.717) is 0 Å². The summed E-state index contributed by atoms with van der Waals surface area (Å²) in [5.41, 5.74) is 1.27. The first-order chi connectivity index (χ1) is 8.23. The van der Waals surface area contributed by atoms with Crippen LogP contribution in [-0.2, 0) is 6.16 Å². The van der Waals surface area contributed by atoms with Crippen LogP contribution >= 0.6 is 17.6 Å². The fourth-order valence-corrected chi connectivity index (χ4v) is 6.64. The molecule has 1 rings (SSSR count). The van der Waals surface area contributed by atoms with E-state index in [0.717, 1.165) is 6.16 Å². The molecule has 0 aliphatic rings. The van der Waals surface area contributed by atoms with Gasteiger partial charge in [0.1, 0.15) is 0 Å². The summed E-state index contributed by atoms with van der Waals surface area (Å²) >= 11 is 7.25. The maximum absolute atomic E-state index is 7.25. The van der Waals surface area contributed by atoms with Gasteiger partial charge >= 0.3 is 116 Å². The minimum absolute atomic E-state index is 0.834. The van der Waals surface area contributed by atoms with Crippen LogP contribution in [0.3, 0.4) is 0 Å². The van der Waals surface area contributed by atoms with Gasteiger partial charge in [0.05, 0.1) is 0 Å². The molecule has 0 radical (unpaired) electrons. The third kappa shape index (κ3) is 2.43. The standard InChI is InChI=1S/C13H25ClN3P/c1-15(2)18(14,16(3)4,17(5)6)12-13-10-8-7-9-11-13/h7-11H,12H2,1-6H3. The fraction of sp³-hybridized carbons (Fsp3) is 0.538. The van der Waals surface area contributed by atoms with Crippen LogP contribution in [0.4, 0.5) is 0 Å². The third-order valence-electron chi connectivity index (χ3n) is 3.67. The van der Waals surface area contributed by atoms with Crippen molar-refractivity contribution in [3.05, 3.63) is 35.9 Å². The van der Waals surface area contributed by atoms with Gasteiger partial charge in [-0.15, -0.1) is 0 Å². The van der Waals surface area contributed by atoms with Gasteiger partial charge in [-0.25, -0.2) is 0 Å². The Morgan fingerprint density at radius 2 is 1.22 bits per heavy atom. The summed E-state index contributed by atoms with van der Waals surface area (Å²) in [7, 11) is 12.4. The molecule has 0 saturated carbocycles. The first-order valence-electron chi connectivity index (χ1n) is 6.03. The monoisotopic (exact) mass is 289 g/mol. The molecule has 0 bridgehead atoms. The number of benzene rings is 1. The Hall–Kier alpha value is -0.180. The molecule has 0 saturated heterocycles. The van der Waals surface area contributed by atoms with E-state index in [1.54, 1.807) is 0 Å². The quantitative estimate of drug-likeness (QED) is 0.770. The second kappa shape index (κ2) is 5.44. The minimum atomic E-state index is -2.79. The molecule has 0 unspecified atom stereocenters. The summed E-state index contributed by atoms with van der Waals surface area (Å²) in [5.74, 6) is 0. The van der Waals surface area contributed by atoms with Crippen LogP contribution in [0.1, 0.15) is 5.56 Å². The molecule has 1 aromatic rings. The molecule has 0 aliphatic heterocycles. The second-order valence-corrected chi connectivity index (χ2v) is 12.1. The summed E-state index contributed by atoms with van der Waals surface area (Å²) in [6, 6.07) is 10.4. The Morgan fingerprint density at radius 1 is 0.833 bits per heavy atom. The van der Waals surface area contributed by atoms with Gasteiger partial charge in [0.15, 0.2) is 0 Å². The van der Waals surface area contributed by atoms with Crippen molar-refractivity contribution < 1.29 is 0 Å². The number of nitrogens with zero attached hydrogens (tertiary/aromatic N) is 3. The van der Waals surface area contributed by atoms with E-state index in [1.165, 1.54) is 5.56 Å². The van der Waals surface area contributed by atoms with Crippen molar-refractivity contribution in [3.63, 3.8) is 0 Å². The van der Waals surface area contributed by atoms with E-state index in [4.69, 9.17) is 11.2 Å². The van der Waals surface area contributed by atoms with Gasteiger partial charge in [0, 0.05) is 0 Å². The molecular weight excluding hydrogens is 265 g/mol. The SMILES string of the molecule is CN(C)P(Cl)(Cc1ccccc1)(N(C)C)N(C)C. The average molecular weight is 290 g/mol. The van der Waals surface area contributed by atoms with Crippen molar-refractivity contribution in [1.82, 2.24) is 14.0 Å². The predicted molar refractivity (Wildman–Crippen MR) is 84.0 cm³/mol. The van der Waals surface area contributed by atoms with Gasteiger partial charge < -0.3 is 0 Å². The van der Waals surface area contributed by atoms with Gasteiger partial charge in [0.25, 0.3) is 0 Å². The number of halogens is 1. The molecule has 0 spiro atoms. The van der Waals surface area contributed by atoms with Gasteiger partial charge in [-0.1, -0.05) is 0 Å². The molecule has 18 heavy (non-hydrogen) atoms. The van der Waals surface area contributed by atoms with Crippen molar-refractivity contribution in [2.24, 2.45) is 0 Å². The van der Waals surface area contributed by atoms with E-state index in [1.807, 2.05) is 6.07 Å². The molecule has 0 amide bonds. The van der Waals surface area contributed by atoms with Crippen LogP contribution in [0.15, 0.2) is 30.3 Å². The molecule has 0 aliphatic carbocycles. The zero-order valence-corrected chi connectivity index (χ0v) is 13.9. The zero-order valence-electron chi connectivity index (χ0n) is 12.3. The molecule has 1 aromatic carbocycles. The van der Waals surface area contributed by atoms with Gasteiger partial charge in [-0.05, 0) is 0 Å². The van der Waals surface area contributed by atoms with Crippen molar-refractivity contribution >= 4 is 17.6 Å². The second-order valence-electron chi connectivity index (χ2n) is 5.22. The van der Waals surface area contributed by atoms with Crippen LogP contribution < -0.4 is 0 Å². The van der Waals surface area contributed by atoms with Gasteiger partial charge in [-0.2, -0.15) is 0 Å². The molecule has 0 N–H and O–H groups in total. The summed E-state index contributed by atoms with van der Waals surface area (Å²) in [4.78, 5) is 0. The molecule has 0 atom stereocenters. The normalized spacial score (nSPS) is 15.1. The van der Waals surface area contributed by atoms with E-state index in [-0.39, 0.29) is 0 Å². The van der Waals surface area contributed by atoms with Crippen molar-refractivity contribution in [2.75, 3.05) is 42.3 Å². The van der Waals surface area contributed by atoms with E-state index >= 15 is 0 Å². The molecule has 3 nitrogen and oxygen atoms in total. The van der Waals surface area contributed by atoms with E-state index < -0.39 is 6.41 Å². The van der Waals surface area contributed by atoms with Gasteiger partial charge in [-0.3, -0.25) is 0 Å². The third-order valence-corrected chi connectivity index (χ3v) is 12.4. The summed E-state index contributed by atoms with van der Waals surface area (Å²) in [5, 5.41) is 0. The Labute approximate surface area is 116 Å². The Morgan fingerprint density at radius 3 is 1.56 bits per heavy atom. The van der Waals surface area contributed by atoms with Crippen LogP contribution in [0.2, 0.25) is 0 Å². The van der Waals surface area contributed by atoms with Crippen molar-refractivity contribution in [3.8, 4) is 0 Å². The average Bonchev–Trinajstić information content (AvgIpc) is 2.29. The maximum atomic E-state index is 7.25. The number of hydrogen-bond donors (Lipinski definition) is 0. The molecular formula is C13H25ClN3P. The predicted octanol–water partition coefficient (Wildman–Crippen LogP) is 3.32. The molecule has 0 fully saturated rings. The zero-order chi connectivity index (χ0) is 14.0. The first-order valence-corrected chi connectivity index (χ1v) is 9.22. The fourth-order valence-electron chi connectivity index (χ4n) is 2.39. The van der Waals surface area contributed by atoms with Crippen molar-refractivity contribution in [2.45, 2.75) is 6.16 Å². The topological polar surface area (TPSA) is 9.72 Å². The van der Waals surface area contributed by atoms with E-state index in [2.05, 4.69) is 80.6 Å². The summed E-state index contributed by atoms with van der Waals surface area (Å²) < 4.78 is 6.54. The first kappa shape index (κ1) is 15.9. The molecule has 0 aromatic heterocycles. The Kier molecular flexibility index (Phi) is 4.80. The van der Waals surface area contributed by atoms with E-state index in [9.17, 15) is 0 Å². The molecule has 104 valence electrons. The van der Waals surface area contributed by atoms with Gasteiger partial charge in [0.2, 0.25) is 0 Å². The van der Waals surface area contributed by atoms with Crippen LogP contribution in [0.25, 0.3) is 0 Å². The number of rotatable bonds is 5. The van der Waals surface area contributed by atoms with Crippen LogP contribution in [0.5, 0.6) is 0 Å². The van der Waals surface area contributed by atoms with Crippen LogP contribution in [0, 0.1) is 0 Å².